The Balaban J connectivity index is 2.83. The van der Waals surface area contributed by atoms with Crippen molar-refractivity contribution in [1.29, 1.82) is 0 Å². The molecule has 0 spiro atoms. The van der Waals surface area contributed by atoms with E-state index in [2.05, 4.69) is 12.6 Å². The third-order valence-electron chi connectivity index (χ3n) is 2.16. The van der Waals surface area contributed by atoms with Gasteiger partial charge in [0, 0.05) is 24.2 Å². The average molecular weight is 276 g/mol. The summed E-state index contributed by atoms with van der Waals surface area (Å²) in [5.74, 6) is 0.857. The lowest BCUT2D eigenvalue weighted by atomic mass is 10.2. The predicted molar refractivity (Wildman–Crippen MR) is 74.0 cm³/mol. The molecular weight excluding hydrogens is 262 g/mol. The SMILES string of the molecule is CSCCN(C)C(=O)c1cc(S)ccc1Cl. The summed E-state index contributed by atoms with van der Waals surface area (Å²) in [7, 11) is 1.78. The Morgan fingerprint density at radius 1 is 1.56 bits per heavy atom. The molecule has 0 saturated heterocycles. The fourth-order valence-corrected chi connectivity index (χ4v) is 2.07. The molecule has 1 aromatic rings. The van der Waals surface area contributed by atoms with Gasteiger partial charge >= 0.3 is 0 Å². The Morgan fingerprint density at radius 3 is 2.88 bits per heavy atom. The molecule has 1 amide bonds. The van der Waals surface area contributed by atoms with Gasteiger partial charge in [0.1, 0.15) is 0 Å². The van der Waals surface area contributed by atoms with Crippen LogP contribution in [0, 0.1) is 0 Å². The van der Waals surface area contributed by atoms with Gasteiger partial charge in [0.15, 0.2) is 0 Å². The summed E-state index contributed by atoms with van der Waals surface area (Å²) < 4.78 is 0. The van der Waals surface area contributed by atoms with Gasteiger partial charge in [-0.05, 0) is 24.5 Å². The van der Waals surface area contributed by atoms with Gasteiger partial charge in [0.2, 0.25) is 0 Å². The lowest BCUT2D eigenvalue weighted by Gasteiger charge is -2.17. The number of carbonyl (C=O) groups excluding carboxylic acids is 1. The normalized spacial score (nSPS) is 10.2. The zero-order chi connectivity index (χ0) is 12.1. The molecule has 0 N–H and O–H groups in total. The van der Waals surface area contributed by atoms with Crippen LogP contribution in [0.5, 0.6) is 0 Å². The Hall–Kier alpha value is -0.320. The first-order valence-electron chi connectivity index (χ1n) is 4.79. The summed E-state index contributed by atoms with van der Waals surface area (Å²) in [6.07, 6.45) is 2.01. The molecule has 0 heterocycles. The summed E-state index contributed by atoms with van der Waals surface area (Å²) in [5, 5.41) is 0.471. The number of thiol groups is 1. The maximum atomic E-state index is 12.0. The standard InChI is InChI=1S/C11H14ClNOS2/c1-13(5-6-16-2)11(14)9-7-8(15)3-4-10(9)12/h3-4,7,15H,5-6H2,1-2H3. The van der Waals surface area contributed by atoms with Gasteiger partial charge < -0.3 is 4.90 Å². The molecule has 16 heavy (non-hydrogen) atoms. The lowest BCUT2D eigenvalue weighted by Crippen LogP contribution is -2.29. The molecule has 5 heteroatoms. The quantitative estimate of drug-likeness (QED) is 0.853. The number of carbonyl (C=O) groups is 1. The van der Waals surface area contributed by atoms with Crippen LogP contribution in [0.4, 0.5) is 0 Å². The fourth-order valence-electron chi connectivity index (χ4n) is 1.21. The van der Waals surface area contributed by atoms with Crippen molar-refractivity contribution in [3.8, 4) is 0 Å². The predicted octanol–water partition coefficient (Wildman–Crippen LogP) is 3.06. The number of amides is 1. The van der Waals surface area contributed by atoms with Gasteiger partial charge in [-0.15, -0.1) is 12.6 Å². The molecule has 0 unspecified atom stereocenters. The fraction of sp³-hybridized carbons (Fsp3) is 0.364. The van der Waals surface area contributed by atoms with Gasteiger partial charge in [-0.2, -0.15) is 11.8 Å². The zero-order valence-electron chi connectivity index (χ0n) is 9.24. The highest BCUT2D eigenvalue weighted by molar-refractivity contribution is 7.98. The number of nitrogens with zero attached hydrogens (tertiary/aromatic N) is 1. The molecule has 1 rings (SSSR count). The van der Waals surface area contributed by atoms with E-state index in [4.69, 9.17) is 11.6 Å². The molecule has 0 aliphatic rings. The first-order chi connectivity index (χ1) is 7.56. The summed E-state index contributed by atoms with van der Waals surface area (Å²) in [6, 6.07) is 5.16. The molecule has 0 aromatic heterocycles. The monoisotopic (exact) mass is 275 g/mol. The van der Waals surface area contributed by atoms with Gasteiger partial charge in [-0.1, -0.05) is 11.6 Å². The van der Waals surface area contributed by atoms with Crippen molar-refractivity contribution in [1.82, 2.24) is 4.90 Å². The number of hydrogen-bond donors (Lipinski definition) is 1. The number of benzene rings is 1. The van der Waals surface area contributed by atoms with Crippen molar-refractivity contribution in [2.45, 2.75) is 4.90 Å². The minimum atomic E-state index is -0.0602. The number of rotatable bonds is 4. The van der Waals surface area contributed by atoms with Crippen molar-refractivity contribution in [2.75, 3.05) is 25.6 Å². The minimum Gasteiger partial charge on any atom is -0.341 e. The first-order valence-corrected chi connectivity index (χ1v) is 7.01. The van der Waals surface area contributed by atoms with E-state index in [-0.39, 0.29) is 5.91 Å². The molecule has 2 nitrogen and oxygen atoms in total. The van der Waals surface area contributed by atoms with E-state index in [0.29, 0.717) is 17.1 Å². The van der Waals surface area contributed by atoms with Gasteiger partial charge in [-0.25, -0.2) is 0 Å². The van der Waals surface area contributed by atoms with Crippen LogP contribution < -0.4 is 0 Å². The molecule has 0 radical (unpaired) electrons. The van der Waals surface area contributed by atoms with E-state index < -0.39 is 0 Å². The summed E-state index contributed by atoms with van der Waals surface area (Å²) in [4.78, 5) is 14.4. The second-order valence-electron chi connectivity index (χ2n) is 3.38. The zero-order valence-corrected chi connectivity index (χ0v) is 11.7. The molecule has 0 aliphatic heterocycles. The Labute approximate surface area is 111 Å². The molecule has 0 aliphatic carbocycles. The second-order valence-corrected chi connectivity index (χ2v) is 5.29. The van der Waals surface area contributed by atoms with Crippen molar-refractivity contribution < 1.29 is 4.79 Å². The Kier molecular flexibility index (Phi) is 5.52. The first kappa shape index (κ1) is 13.7. The van der Waals surface area contributed by atoms with Crippen molar-refractivity contribution in [2.24, 2.45) is 0 Å². The van der Waals surface area contributed by atoms with Gasteiger partial charge in [0.05, 0.1) is 10.6 Å². The van der Waals surface area contributed by atoms with Crippen molar-refractivity contribution >= 4 is 41.9 Å². The van der Waals surface area contributed by atoms with Crippen LogP contribution in [0.25, 0.3) is 0 Å². The summed E-state index contributed by atoms with van der Waals surface area (Å²) in [5.41, 5.74) is 0.512. The van der Waals surface area contributed by atoms with Crippen LogP contribution in [0.3, 0.4) is 0 Å². The largest absolute Gasteiger partial charge is 0.341 e. The molecule has 0 saturated carbocycles. The van der Waals surface area contributed by atoms with Gasteiger partial charge in [-0.3, -0.25) is 4.79 Å². The van der Waals surface area contributed by atoms with Crippen LogP contribution in [0.15, 0.2) is 23.1 Å². The Morgan fingerprint density at radius 2 is 2.25 bits per heavy atom. The molecule has 0 fully saturated rings. The van der Waals surface area contributed by atoms with Crippen LogP contribution >= 0.6 is 36.0 Å². The van der Waals surface area contributed by atoms with E-state index in [0.717, 1.165) is 10.6 Å². The van der Waals surface area contributed by atoms with Crippen molar-refractivity contribution in [3.63, 3.8) is 0 Å². The number of hydrogen-bond acceptors (Lipinski definition) is 3. The third-order valence-corrected chi connectivity index (χ3v) is 3.36. The average Bonchev–Trinajstić information content (AvgIpc) is 2.28. The third kappa shape index (κ3) is 3.61. The molecular formula is C11H14ClNOS2. The van der Waals surface area contributed by atoms with E-state index >= 15 is 0 Å². The number of halogens is 1. The highest BCUT2D eigenvalue weighted by Gasteiger charge is 2.14. The van der Waals surface area contributed by atoms with Crippen molar-refractivity contribution in [3.05, 3.63) is 28.8 Å². The van der Waals surface area contributed by atoms with Gasteiger partial charge in [0.25, 0.3) is 5.91 Å². The topological polar surface area (TPSA) is 20.3 Å². The highest BCUT2D eigenvalue weighted by atomic mass is 35.5. The van der Waals surface area contributed by atoms with Crippen LogP contribution in [-0.2, 0) is 0 Å². The maximum Gasteiger partial charge on any atom is 0.255 e. The lowest BCUT2D eigenvalue weighted by molar-refractivity contribution is 0.0803. The van der Waals surface area contributed by atoms with E-state index in [9.17, 15) is 4.79 Å². The smallest absolute Gasteiger partial charge is 0.255 e. The molecule has 0 bridgehead atoms. The van der Waals surface area contributed by atoms with E-state index in [1.807, 2.05) is 6.26 Å². The number of thioether (sulfide) groups is 1. The summed E-state index contributed by atoms with van der Waals surface area (Å²) in [6.45, 7) is 0.715. The summed E-state index contributed by atoms with van der Waals surface area (Å²) >= 11 is 11.9. The van der Waals surface area contributed by atoms with Crippen LogP contribution in [0.1, 0.15) is 10.4 Å². The van der Waals surface area contributed by atoms with E-state index in [1.54, 1.807) is 41.9 Å². The minimum absolute atomic E-state index is 0.0602. The van der Waals surface area contributed by atoms with E-state index in [1.165, 1.54) is 0 Å². The maximum absolute atomic E-state index is 12.0. The highest BCUT2D eigenvalue weighted by Crippen LogP contribution is 2.20. The second kappa shape index (κ2) is 6.42. The van der Waals surface area contributed by atoms with Crippen LogP contribution in [-0.4, -0.2) is 36.4 Å². The van der Waals surface area contributed by atoms with Crippen LogP contribution in [0.2, 0.25) is 5.02 Å². The molecule has 88 valence electrons. The Bertz CT molecular complexity index is 384. The molecule has 1 aromatic carbocycles. The molecule has 0 atom stereocenters.